The van der Waals surface area contributed by atoms with Gasteiger partial charge in [-0.1, -0.05) is 11.6 Å². The van der Waals surface area contributed by atoms with Crippen molar-refractivity contribution in [1.82, 2.24) is 15.3 Å². The van der Waals surface area contributed by atoms with Gasteiger partial charge in [0.2, 0.25) is 0 Å². The molecule has 0 bridgehead atoms. The van der Waals surface area contributed by atoms with Crippen molar-refractivity contribution in [3.63, 3.8) is 0 Å². The average molecular weight is 346 g/mol. The van der Waals surface area contributed by atoms with Crippen LogP contribution in [0.3, 0.4) is 0 Å². The van der Waals surface area contributed by atoms with Gasteiger partial charge >= 0.3 is 0 Å². The fraction of sp³-hybridized carbons (Fsp3) is 0.312. The summed E-state index contributed by atoms with van der Waals surface area (Å²) in [7, 11) is 0. The lowest BCUT2D eigenvalue weighted by atomic mass is 9.96. The second kappa shape index (κ2) is 5.93. The summed E-state index contributed by atoms with van der Waals surface area (Å²) >= 11 is 3.42. The molecule has 0 aliphatic heterocycles. The summed E-state index contributed by atoms with van der Waals surface area (Å²) in [4.78, 5) is 20.9. The second-order valence-electron chi connectivity index (χ2n) is 5.38. The average Bonchev–Trinajstić information content (AvgIpc) is 2.50. The first kappa shape index (κ1) is 14.2. The molecule has 5 heteroatoms. The number of aromatic nitrogens is 2. The number of nitrogens with zero attached hydrogens (tertiary/aromatic N) is 2. The first-order chi connectivity index (χ1) is 10.1. The number of fused-ring (bicyclic) bond motifs is 1. The van der Waals surface area contributed by atoms with E-state index in [0.29, 0.717) is 5.69 Å². The summed E-state index contributed by atoms with van der Waals surface area (Å²) in [6.07, 6.45) is 8.57. The Morgan fingerprint density at radius 2 is 2.24 bits per heavy atom. The van der Waals surface area contributed by atoms with Gasteiger partial charge in [0.05, 0.1) is 9.99 Å². The molecule has 21 heavy (non-hydrogen) atoms. The minimum absolute atomic E-state index is 0.112. The van der Waals surface area contributed by atoms with Gasteiger partial charge in [0.1, 0.15) is 5.69 Å². The van der Waals surface area contributed by atoms with Crippen molar-refractivity contribution < 1.29 is 4.79 Å². The maximum atomic E-state index is 12.3. The van der Waals surface area contributed by atoms with Crippen LogP contribution in [0, 0.1) is 0 Å². The molecule has 2 aromatic heterocycles. The molecule has 0 aromatic carbocycles. The van der Waals surface area contributed by atoms with Gasteiger partial charge in [-0.2, -0.15) is 0 Å². The molecule has 1 unspecified atom stereocenters. The number of hydrogen-bond acceptors (Lipinski definition) is 3. The molecule has 0 saturated heterocycles. The largest absolute Gasteiger partial charge is 0.348 e. The third-order valence-corrected chi connectivity index (χ3v) is 4.34. The van der Waals surface area contributed by atoms with Crippen molar-refractivity contribution in [2.24, 2.45) is 0 Å². The van der Waals surface area contributed by atoms with Crippen molar-refractivity contribution in [3.05, 3.63) is 46.3 Å². The summed E-state index contributed by atoms with van der Waals surface area (Å²) in [6.45, 7) is 2.13. The Morgan fingerprint density at radius 1 is 1.38 bits per heavy atom. The van der Waals surface area contributed by atoms with Crippen LogP contribution >= 0.6 is 15.9 Å². The Hall–Kier alpha value is -1.75. The van der Waals surface area contributed by atoms with E-state index in [1.165, 1.54) is 5.57 Å². The van der Waals surface area contributed by atoms with Gasteiger partial charge in [-0.15, -0.1) is 0 Å². The van der Waals surface area contributed by atoms with Crippen LogP contribution in [0.25, 0.3) is 10.9 Å². The molecular weight excluding hydrogens is 330 g/mol. The van der Waals surface area contributed by atoms with Crippen LogP contribution in [-0.2, 0) is 0 Å². The van der Waals surface area contributed by atoms with Crippen LogP contribution in [0.1, 0.15) is 36.7 Å². The van der Waals surface area contributed by atoms with Crippen LogP contribution in [0.2, 0.25) is 0 Å². The first-order valence-electron chi connectivity index (χ1n) is 7.00. The quantitative estimate of drug-likeness (QED) is 0.845. The predicted molar refractivity (Wildman–Crippen MR) is 86.1 cm³/mol. The fourth-order valence-corrected chi connectivity index (χ4v) is 2.93. The zero-order chi connectivity index (χ0) is 14.8. The highest BCUT2D eigenvalue weighted by atomic mass is 79.9. The first-order valence-corrected chi connectivity index (χ1v) is 7.79. The Morgan fingerprint density at radius 3 is 3.00 bits per heavy atom. The Labute approximate surface area is 131 Å². The van der Waals surface area contributed by atoms with Gasteiger partial charge < -0.3 is 5.32 Å². The molecule has 1 aliphatic carbocycles. The number of hydrogen-bond donors (Lipinski definition) is 1. The number of allylic oxidation sites excluding steroid dienone is 1. The predicted octanol–water partition coefficient (Wildman–Crippen LogP) is 3.62. The Kier molecular flexibility index (Phi) is 4.01. The van der Waals surface area contributed by atoms with Crippen molar-refractivity contribution >= 4 is 32.7 Å². The highest BCUT2D eigenvalue weighted by Crippen LogP contribution is 2.21. The molecule has 1 amide bonds. The normalized spacial score (nSPS) is 18.4. The lowest BCUT2D eigenvalue weighted by molar-refractivity contribution is 0.0929. The van der Waals surface area contributed by atoms with E-state index in [-0.39, 0.29) is 11.9 Å². The van der Waals surface area contributed by atoms with E-state index in [1.807, 2.05) is 6.07 Å². The summed E-state index contributed by atoms with van der Waals surface area (Å²) in [5, 5.41) is 3.98. The number of nitrogens with one attached hydrogen (secondary N) is 1. The minimum Gasteiger partial charge on any atom is -0.348 e. The smallest absolute Gasteiger partial charge is 0.270 e. The van der Waals surface area contributed by atoms with Crippen molar-refractivity contribution in [3.8, 4) is 0 Å². The molecule has 3 rings (SSSR count). The molecule has 2 aromatic rings. The third kappa shape index (κ3) is 3.13. The third-order valence-electron chi connectivity index (χ3n) is 3.76. The maximum absolute atomic E-state index is 12.3. The summed E-state index contributed by atoms with van der Waals surface area (Å²) < 4.78 is 0.797. The summed E-state index contributed by atoms with van der Waals surface area (Å²) in [6, 6.07) is 3.83. The van der Waals surface area contributed by atoms with Gasteiger partial charge in [-0.3, -0.25) is 9.78 Å². The van der Waals surface area contributed by atoms with Crippen LogP contribution in [0.15, 0.2) is 40.6 Å². The number of halogens is 1. The van der Waals surface area contributed by atoms with Crippen LogP contribution in [-0.4, -0.2) is 21.9 Å². The molecular formula is C16H16BrN3O. The maximum Gasteiger partial charge on any atom is 0.270 e. The second-order valence-corrected chi connectivity index (χ2v) is 6.24. The van der Waals surface area contributed by atoms with Crippen molar-refractivity contribution in [1.29, 1.82) is 0 Å². The van der Waals surface area contributed by atoms with Crippen molar-refractivity contribution in [2.75, 3.05) is 0 Å². The van der Waals surface area contributed by atoms with Gasteiger partial charge in [-0.05, 0) is 54.2 Å². The van der Waals surface area contributed by atoms with Crippen molar-refractivity contribution in [2.45, 2.75) is 32.2 Å². The highest BCUT2D eigenvalue weighted by molar-refractivity contribution is 9.10. The SMILES string of the molecule is CC1=CCC(NC(=O)c2ccc3cncc(Br)c3n2)CC1. The highest BCUT2D eigenvalue weighted by Gasteiger charge is 2.17. The number of rotatable bonds is 2. The molecule has 1 atom stereocenters. The van der Waals surface area contributed by atoms with Crippen LogP contribution < -0.4 is 5.32 Å². The van der Waals surface area contributed by atoms with E-state index in [2.05, 4.69) is 44.2 Å². The molecule has 4 nitrogen and oxygen atoms in total. The molecule has 2 heterocycles. The molecule has 0 spiro atoms. The van der Waals surface area contributed by atoms with E-state index in [1.54, 1.807) is 18.5 Å². The van der Waals surface area contributed by atoms with Gasteiger partial charge in [-0.25, -0.2) is 4.98 Å². The van der Waals surface area contributed by atoms with E-state index in [4.69, 9.17) is 0 Å². The summed E-state index contributed by atoms with van der Waals surface area (Å²) in [5.41, 5.74) is 2.61. The van der Waals surface area contributed by atoms with E-state index < -0.39 is 0 Å². The monoisotopic (exact) mass is 345 g/mol. The fourth-order valence-electron chi connectivity index (χ4n) is 2.49. The van der Waals surface area contributed by atoms with Gasteiger partial charge in [0, 0.05) is 23.8 Å². The summed E-state index contributed by atoms with van der Waals surface area (Å²) in [5.74, 6) is -0.112. The molecule has 1 N–H and O–H groups in total. The lowest BCUT2D eigenvalue weighted by Gasteiger charge is -2.21. The molecule has 0 saturated carbocycles. The standard InChI is InChI=1S/C16H16BrN3O/c1-10-2-5-12(6-3-10)19-16(21)14-7-4-11-8-18-9-13(17)15(11)20-14/h2,4,7-9,12H,3,5-6H2,1H3,(H,19,21). The topological polar surface area (TPSA) is 54.9 Å². The molecule has 0 radical (unpaired) electrons. The number of carbonyl (C=O) groups excluding carboxylic acids is 1. The molecule has 1 aliphatic rings. The zero-order valence-corrected chi connectivity index (χ0v) is 13.4. The number of carbonyl (C=O) groups is 1. The Balaban J connectivity index is 1.80. The van der Waals surface area contributed by atoms with Crippen LogP contribution in [0.4, 0.5) is 0 Å². The Bertz CT molecular complexity index is 727. The lowest BCUT2D eigenvalue weighted by Crippen LogP contribution is -2.36. The number of amides is 1. The van der Waals surface area contributed by atoms with E-state index >= 15 is 0 Å². The molecule has 0 fully saturated rings. The zero-order valence-electron chi connectivity index (χ0n) is 11.8. The number of pyridine rings is 2. The molecule has 108 valence electrons. The van der Waals surface area contributed by atoms with Gasteiger partial charge in [0.25, 0.3) is 5.91 Å². The van der Waals surface area contributed by atoms with Crippen LogP contribution in [0.5, 0.6) is 0 Å². The van der Waals surface area contributed by atoms with E-state index in [9.17, 15) is 4.79 Å². The van der Waals surface area contributed by atoms with E-state index in [0.717, 1.165) is 34.6 Å². The van der Waals surface area contributed by atoms with Gasteiger partial charge in [0.15, 0.2) is 0 Å². The minimum atomic E-state index is -0.112.